The topological polar surface area (TPSA) is 50.8 Å². The molecule has 2 aromatic heterocycles. The minimum Gasteiger partial charge on any atom is -0.496 e. The smallest absolute Gasteiger partial charge is 0.178 e. The molecule has 0 amide bonds. The fourth-order valence-corrected chi connectivity index (χ4v) is 2.00. The van der Waals surface area contributed by atoms with Crippen molar-refractivity contribution in [3.63, 3.8) is 0 Å². The Morgan fingerprint density at radius 2 is 2.11 bits per heavy atom. The number of benzene rings is 1. The van der Waals surface area contributed by atoms with Gasteiger partial charge >= 0.3 is 0 Å². The van der Waals surface area contributed by atoms with Crippen LogP contribution in [-0.4, -0.2) is 22.1 Å². The highest BCUT2D eigenvalue weighted by molar-refractivity contribution is 6.31. The van der Waals surface area contributed by atoms with Gasteiger partial charge in [0.15, 0.2) is 5.65 Å². The maximum atomic E-state index is 5.90. The zero-order chi connectivity index (χ0) is 12.5. The number of H-pyrrole nitrogens is 1. The molecular formula is C13H10ClN3O. The van der Waals surface area contributed by atoms with E-state index < -0.39 is 0 Å². The van der Waals surface area contributed by atoms with Gasteiger partial charge in [-0.05, 0) is 18.2 Å². The summed E-state index contributed by atoms with van der Waals surface area (Å²) in [6.45, 7) is 0. The molecule has 3 rings (SSSR count). The van der Waals surface area contributed by atoms with Crippen LogP contribution >= 0.6 is 11.6 Å². The summed E-state index contributed by atoms with van der Waals surface area (Å²) < 4.78 is 5.31. The van der Waals surface area contributed by atoms with Crippen LogP contribution in [0.5, 0.6) is 5.75 Å². The average Bonchev–Trinajstić information content (AvgIpc) is 2.81. The first-order chi connectivity index (χ1) is 8.78. The molecule has 0 saturated carbocycles. The van der Waals surface area contributed by atoms with Crippen LogP contribution < -0.4 is 4.74 Å². The number of nitrogens with zero attached hydrogens (tertiary/aromatic N) is 2. The first kappa shape index (κ1) is 11.0. The number of fused-ring (bicyclic) bond motifs is 1. The zero-order valence-electron chi connectivity index (χ0n) is 9.64. The molecule has 0 aliphatic carbocycles. The maximum Gasteiger partial charge on any atom is 0.178 e. The van der Waals surface area contributed by atoms with Crippen molar-refractivity contribution in [2.45, 2.75) is 0 Å². The second kappa shape index (κ2) is 4.31. The van der Waals surface area contributed by atoms with E-state index in [0.717, 1.165) is 22.7 Å². The molecule has 0 saturated heterocycles. The maximum absolute atomic E-state index is 5.90. The number of ether oxygens (including phenoxy) is 1. The molecule has 0 radical (unpaired) electrons. The number of aromatic amines is 1. The number of pyridine rings is 1. The van der Waals surface area contributed by atoms with Crippen molar-refractivity contribution in [2.75, 3.05) is 7.11 Å². The molecule has 2 heterocycles. The van der Waals surface area contributed by atoms with Crippen LogP contribution in [0.15, 0.2) is 36.5 Å². The van der Waals surface area contributed by atoms with Crippen LogP contribution in [0.3, 0.4) is 0 Å². The van der Waals surface area contributed by atoms with Crippen molar-refractivity contribution >= 4 is 22.8 Å². The molecule has 90 valence electrons. The van der Waals surface area contributed by atoms with Gasteiger partial charge in [0.1, 0.15) is 11.6 Å². The summed E-state index contributed by atoms with van der Waals surface area (Å²) in [5.41, 5.74) is 2.35. The third kappa shape index (κ3) is 1.80. The standard InChI is InChI=1S/C13H10ClN3O/c1-18-11-5-3-2-4-9(11)12-16-10-6-8(14)7-15-13(10)17-12/h2-7H,1H3,(H,15,16,17). The predicted molar refractivity (Wildman–Crippen MR) is 70.9 cm³/mol. The summed E-state index contributed by atoms with van der Waals surface area (Å²) in [5.74, 6) is 1.49. The number of para-hydroxylation sites is 1. The number of rotatable bonds is 2. The molecule has 1 N–H and O–H groups in total. The third-order valence-electron chi connectivity index (χ3n) is 2.67. The van der Waals surface area contributed by atoms with Gasteiger partial charge < -0.3 is 9.72 Å². The average molecular weight is 260 g/mol. The van der Waals surface area contributed by atoms with Gasteiger partial charge in [-0.15, -0.1) is 0 Å². The molecule has 0 aliphatic heterocycles. The summed E-state index contributed by atoms with van der Waals surface area (Å²) in [6.07, 6.45) is 1.58. The molecule has 0 aliphatic rings. The van der Waals surface area contributed by atoms with Gasteiger partial charge in [-0.1, -0.05) is 23.7 Å². The summed E-state index contributed by atoms with van der Waals surface area (Å²) in [7, 11) is 1.64. The van der Waals surface area contributed by atoms with Crippen molar-refractivity contribution in [1.29, 1.82) is 0 Å². The van der Waals surface area contributed by atoms with E-state index in [0.29, 0.717) is 10.7 Å². The van der Waals surface area contributed by atoms with Gasteiger partial charge in [0.2, 0.25) is 0 Å². The van der Waals surface area contributed by atoms with Gasteiger partial charge in [-0.3, -0.25) is 0 Å². The molecule has 18 heavy (non-hydrogen) atoms. The molecule has 0 unspecified atom stereocenters. The molecule has 0 spiro atoms. The lowest BCUT2D eigenvalue weighted by Gasteiger charge is -2.04. The summed E-state index contributed by atoms with van der Waals surface area (Å²) in [5, 5.41) is 0.581. The third-order valence-corrected chi connectivity index (χ3v) is 2.87. The van der Waals surface area contributed by atoms with Gasteiger partial charge in [-0.2, -0.15) is 0 Å². The number of methoxy groups -OCH3 is 1. The van der Waals surface area contributed by atoms with E-state index >= 15 is 0 Å². The van der Waals surface area contributed by atoms with Crippen molar-refractivity contribution in [2.24, 2.45) is 0 Å². The van der Waals surface area contributed by atoms with Crippen molar-refractivity contribution in [3.05, 3.63) is 41.6 Å². The lowest BCUT2D eigenvalue weighted by atomic mass is 10.2. The first-order valence-corrected chi connectivity index (χ1v) is 5.80. The molecule has 0 atom stereocenters. The van der Waals surface area contributed by atoms with Gasteiger partial charge in [0.05, 0.1) is 23.2 Å². The van der Waals surface area contributed by atoms with Crippen molar-refractivity contribution < 1.29 is 4.74 Å². The first-order valence-electron chi connectivity index (χ1n) is 5.42. The second-order valence-corrected chi connectivity index (χ2v) is 4.25. The quantitative estimate of drug-likeness (QED) is 0.768. The van der Waals surface area contributed by atoms with Gasteiger partial charge in [0.25, 0.3) is 0 Å². The minimum absolute atomic E-state index is 0.581. The molecule has 0 fully saturated rings. The van der Waals surface area contributed by atoms with Gasteiger partial charge in [0, 0.05) is 6.20 Å². The fraction of sp³-hybridized carbons (Fsp3) is 0.0769. The fourth-order valence-electron chi connectivity index (χ4n) is 1.84. The lowest BCUT2D eigenvalue weighted by molar-refractivity contribution is 0.416. The Morgan fingerprint density at radius 1 is 1.28 bits per heavy atom. The van der Waals surface area contributed by atoms with Crippen LogP contribution in [0.25, 0.3) is 22.6 Å². The Morgan fingerprint density at radius 3 is 2.94 bits per heavy atom. The number of imidazole rings is 1. The van der Waals surface area contributed by atoms with E-state index in [2.05, 4.69) is 15.0 Å². The second-order valence-electron chi connectivity index (χ2n) is 3.81. The summed E-state index contributed by atoms with van der Waals surface area (Å²) in [6, 6.07) is 9.49. The van der Waals surface area contributed by atoms with E-state index in [1.807, 2.05) is 24.3 Å². The van der Waals surface area contributed by atoms with E-state index in [-0.39, 0.29) is 0 Å². The number of hydrogen-bond donors (Lipinski definition) is 1. The largest absolute Gasteiger partial charge is 0.496 e. The molecule has 3 aromatic rings. The summed E-state index contributed by atoms with van der Waals surface area (Å²) >= 11 is 5.90. The zero-order valence-corrected chi connectivity index (χ0v) is 10.4. The number of hydrogen-bond acceptors (Lipinski definition) is 3. The Bertz CT molecular complexity index is 708. The number of aromatic nitrogens is 3. The van der Waals surface area contributed by atoms with E-state index in [1.54, 1.807) is 19.4 Å². The Labute approximate surface area is 109 Å². The Balaban J connectivity index is 2.19. The highest BCUT2D eigenvalue weighted by Gasteiger charge is 2.10. The highest BCUT2D eigenvalue weighted by Crippen LogP contribution is 2.28. The summed E-state index contributed by atoms with van der Waals surface area (Å²) in [4.78, 5) is 11.8. The number of nitrogens with one attached hydrogen (secondary N) is 1. The van der Waals surface area contributed by atoms with Crippen molar-refractivity contribution in [3.8, 4) is 17.1 Å². The molecule has 0 bridgehead atoms. The highest BCUT2D eigenvalue weighted by atomic mass is 35.5. The molecule has 5 heteroatoms. The molecule has 1 aromatic carbocycles. The molecular weight excluding hydrogens is 250 g/mol. The van der Waals surface area contributed by atoms with Crippen molar-refractivity contribution in [1.82, 2.24) is 15.0 Å². The normalized spacial score (nSPS) is 10.8. The van der Waals surface area contributed by atoms with E-state index in [1.165, 1.54) is 0 Å². The number of halogens is 1. The van der Waals surface area contributed by atoms with Crippen LogP contribution in [0.1, 0.15) is 0 Å². The van der Waals surface area contributed by atoms with Crippen LogP contribution in [0.2, 0.25) is 5.02 Å². The molecule has 4 nitrogen and oxygen atoms in total. The Kier molecular flexibility index (Phi) is 2.64. The predicted octanol–water partition coefficient (Wildman–Crippen LogP) is 3.29. The van der Waals surface area contributed by atoms with Crippen LogP contribution in [-0.2, 0) is 0 Å². The van der Waals surface area contributed by atoms with E-state index in [9.17, 15) is 0 Å². The minimum atomic E-state index is 0.581. The van der Waals surface area contributed by atoms with E-state index in [4.69, 9.17) is 16.3 Å². The van der Waals surface area contributed by atoms with Crippen LogP contribution in [0, 0.1) is 0 Å². The Hall–Kier alpha value is -2.07. The van der Waals surface area contributed by atoms with Crippen LogP contribution in [0.4, 0.5) is 0 Å². The SMILES string of the molecule is COc1ccccc1-c1nc2ncc(Cl)cc2[nH]1. The monoisotopic (exact) mass is 259 g/mol. The van der Waals surface area contributed by atoms with Gasteiger partial charge in [-0.25, -0.2) is 9.97 Å². The lowest BCUT2D eigenvalue weighted by Crippen LogP contribution is -1.88.